The number of fused-ring (bicyclic) bond motifs is 1. The molecule has 4 rings (SSSR count). The average Bonchev–Trinajstić information content (AvgIpc) is 3.16. The van der Waals surface area contributed by atoms with E-state index in [0.29, 0.717) is 11.3 Å². The van der Waals surface area contributed by atoms with Crippen molar-refractivity contribution in [3.63, 3.8) is 0 Å². The fourth-order valence-electron chi connectivity index (χ4n) is 3.21. The van der Waals surface area contributed by atoms with E-state index in [1.54, 1.807) is 0 Å². The summed E-state index contributed by atoms with van der Waals surface area (Å²) >= 11 is 1.32. The third kappa shape index (κ3) is 2.95. The van der Waals surface area contributed by atoms with Gasteiger partial charge < -0.3 is 0 Å². The summed E-state index contributed by atoms with van der Waals surface area (Å²) in [7, 11) is 0. The summed E-state index contributed by atoms with van der Waals surface area (Å²) in [5.41, 5.74) is -0.00265. The molecule has 4 nitrogen and oxygen atoms in total. The molecule has 0 radical (unpaired) electrons. The molecule has 0 aromatic heterocycles. The number of halogens is 4. The van der Waals surface area contributed by atoms with Crippen LogP contribution in [0.25, 0.3) is 0 Å². The number of carbonyl (C=O) groups is 2. The van der Waals surface area contributed by atoms with Crippen LogP contribution in [0, 0.1) is 5.82 Å². The predicted octanol–water partition coefficient (Wildman–Crippen LogP) is 4.43. The van der Waals surface area contributed by atoms with E-state index < -0.39 is 40.9 Å². The topological polar surface area (TPSA) is 40.6 Å². The quantitative estimate of drug-likeness (QED) is 0.557. The number of thioether (sulfide) groups is 1. The van der Waals surface area contributed by atoms with E-state index in [1.165, 1.54) is 40.9 Å². The van der Waals surface area contributed by atoms with Crippen LogP contribution in [-0.4, -0.2) is 28.6 Å². The highest BCUT2D eigenvalue weighted by atomic mass is 32.2. The molecular formula is C18H12F4N2O2S. The lowest BCUT2D eigenvalue weighted by Crippen LogP contribution is -2.33. The Morgan fingerprint density at radius 2 is 1.59 bits per heavy atom. The molecule has 2 aliphatic heterocycles. The van der Waals surface area contributed by atoms with Gasteiger partial charge in [-0.15, -0.1) is 11.8 Å². The highest BCUT2D eigenvalue weighted by Crippen LogP contribution is 2.46. The number of urea groups is 1. The fraction of sp³-hybridized carbons (Fsp3) is 0.222. The molecule has 27 heavy (non-hydrogen) atoms. The first kappa shape index (κ1) is 17.8. The van der Waals surface area contributed by atoms with Crippen LogP contribution in [-0.2, 0) is 11.0 Å². The Morgan fingerprint density at radius 3 is 2.19 bits per heavy atom. The Bertz CT molecular complexity index is 899. The van der Waals surface area contributed by atoms with Crippen molar-refractivity contribution < 1.29 is 27.2 Å². The van der Waals surface area contributed by atoms with Gasteiger partial charge in [-0.25, -0.2) is 14.1 Å². The van der Waals surface area contributed by atoms with Gasteiger partial charge in [0.2, 0.25) is 0 Å². The van der Waals surface area contributed by atoms with Crippen molar-refractivity contribution in [2.45, 2.75) is 17.6 Å². The van der Waals surface area contributed by atoms with E-state index in [9.17, 15) is 27.2 Å². The monoisotopic (exact) mass is 396 g/mol. The van der Waals surface area contributed by atoms with Crippen molar-refractivity contribution in [3.8, 4) is 0 Å². The van der Waals surface area contributed by atoms with Gasteiger partial charge in [0.05, 0.1) is 11.3 Å². The molecular weight excluding hydrogens is 384 g/mol. The van der Waals surface area contributed by atoms with E-state index in [1.807, 2.05) is 0 Å². The molecule has 140 valence electrons. The van der Waals surface area contributed by atoms with Crippen LogP contribution in [0.15, 0.2) is 48.5 Å². The fourth-order valence-corrected chi connectivity index (χ4v) is 4.63. The standard InChI is InChI=1S/C18H12F4N2O2S/c19-12-5-7-13(8-6-12)23-15(25)14-9-27-16(24(14)17(23)26)10-1-3-11(4-2-10)18(20,21)22/h1-8,14,16H,9H2/t14-,16?/m0/s1. The summed E-state index contributed by atoms with van der Waals surface area (Å²) in [4.78, 5) is 27.9. The summed E-state index contributed by atoms with van der Waals surface area (Å²) in [6, 6.07) is 8.30. The minimum Gasteiger partial charge on any atom is -0.295 e. The van der Waals surface area contributed by atoms with Crippen molar-refractivity contribution in [2.24, 2.45) is 0 Å². The molecule has 2 aromatic rings. The molecule has 0 N–H and O–H groups in total. The first-order chi connectivity index (χ1) is 12.8. The van der Waals surface area contributed by atoms with Crippen LogP contribution in [0.3, 0.4) is 0 Å². The first-order valence-electron chi connectivity index (χ1n) is 7.98. The van der Waals surface area contributed by atoms with Gasteiger partial charge in [-0.1, -0.05) is 12.1 Å². The molecule has 0 bridgehead atoms. The Kier molecular flexibility index (Phi) is 4.14. The average molecular weight is 396 g/mol. The van der Waals surface area contributed by atoms with E-state index >= 15 is 0 Å². The van der Waals surface area contributed by atoms with Gasteiger partial charge >= 0.3 is 12.2 Å². The van der Waals surface area contributed by atoms with E-state index in [0.717, 1.165) is 29.2 Å². The number of imide groups is 1. The molecule has 0 saturated carbocycles. The van der Waals surface area contributed by atoms with Crippen LogP contribution in [0.2, 0.25) is 0 Å². The highest BCUT2D eigenvalue weighted by Gasteiger charge is 2.53. The molecule has 9 heteroatoms. The number of hydrogen-bond acceptors (Lipinski definition) is 3. The van der Waals surface area contributed by atoms with E-state index in [4.69, 9.17) is 0 Å². The predicted molar refractivity (Wildman–Crippen MR) is 91.6 cm³/mol. The van der Waals surface area contributed by atoms with Crippen LogP contribution in [0.1, 0.15) is 16.5 Å². The van der Waals surface area contributed by atoms with Crippen LogP contribution in [0.5, 0.6) is 0 Å². The number of alkyl halides is 3. The second-order valence-electron chi connectivity index (χ2n) is 6.16. The van der Waals surface area contributed by atoms with Crippen LogP contribution in [0.4, 0.5) is 28.0 Å². The Balaban J connectivity index is 1.63. The molecule has 3 amide bonds. The normalized spacial score (nSPS) is 22.5. The summed E-state index contributed by atoms with van der Waals surface area (Å²) in [5, 5.41) is -0.556. The number of anilines is 1. The van der Waals surface area contributed by atoms with Gasteiger partial charge in [0.1, 0.15) is 17.2 Å². The molecule has 2 heterocycles. The zero-order valence-corrected chi connectivity index (χ0v) is 14.4. The Labute approximate surface area is 155 Å². The lowest BCUT2D eigenvalue weighted by Gasteiger charge is -2.23. The largest absolute Gasteiger partial charge is 0.416 e. The summed E-state index contributed by atoms with van der Waals surface area (Å²) in [6.07, 6.45) is -4.44. The Hall–Kier alpha value is -2.55. The SMILES string of the molecule is O=C1[C@@H]2CSC(c3ccc(C(F)(F)F)cc3)N2C(=O)N1c1ccc(F)cc1. The summed E-state index contributed by atoms with van der Waals surface area (Å²) < 4.78 is 51.4. The van der Waals surface area contributed by atoms with Gasteiger partial charge in [0.15, 0.2) is 0 Å². The van der Waals surface area contributed by atoms with Gasteiger partial charge in [-0.05, 0) is 42.0 Å². The zero-order valence-electron chi connectivity index (χ0n) is 13.6. The van der Waals surface area contributed by atoms with E-state index in [2.05, 4.69) is 0 Å². The molecule has 1 unspecified atom stereocenters. The number of rotatable bonds is 2. The van der Waals surface area contributed by atoms with Crippen LogP contribution < -0.4 is 4.90 Å². The first-order valence-corrected chi connectivity index (χ1v) is 9.03. The maximum absolute atomic E-state index is 13.1. The van der Waals surface area contributed by atoms with Crippen molar-refractivity contribution >= 4 is 29.4 Å². The van der Waals surface area contributed by atoms with Gasteiger partial charge in [-0.2, -0.15) is 13.2 Å². The summed E-state index contributed by atoms with van der Waals surface area (Å²) in [5.74, 6) is -0.571. The number of amides is 3. The number of benzene rings is 2. The highest BCUT2D eigenvalue weighted by molar-refractivity contribution is 7.99. The van der Waals surface area contributed by atoms with Crippen molar-refractivity contribution in [1.82, 2.24) is 4.90 Å². The number of carbonyl (C=O) groups excluding carboxylic acids is 2. The smallest absolute Gasteiger partial charge is 0.295 e. The molecule has 2 fully saturated rings. The summed E-state index contributed by atoms with van der Waals surface area (Å²) in [6.45, 7) is 0. The van der Waals surface area contributed by atoms with Gasteiger partial charge in [0.25, 0.3) is 5.91 Å². The molecule has 2 aromatic carbocycles. The minimum atomic E-state index is -4.44. The number of nitrogens with zero attached hydrogens (tertiary/aromatic N) is 2. The lowest BCUT2D eigenvalue weighted by molar-refractivity contribution is -0.137. The molecule has 2 atom stereocenters. The second kappa shape index (κ2) is 6.26. The maximum atomic E-state index is 13.1. The van der Waals surface area contributed by atoms with E-state index in [-0.39, 0.29) is 5.69 Å². The zero-order chi connectivity index (χ0) is 19.3. The third-order valence-corrected chi connectivity index (χ3v) is 5.85. The molecule has 2 saturated heterocycles. The van der Waals surface area contributed by atoms with Crippen molar-refractivity contribution in [1.29, 1.82) is 0 Å². The van der Waals surface area contributed by atoms with Crippen molar-refractivity contribution in [2.75, 3.05) is 10.7 Å². The lowest BCUT2D eigenvalue weighted by atomic mass is 10.1. The van der Waals surface area contributed by atoms with Gasteiger partial charge in [-0.3, -0.25) is 9.69 Å². The molecule has 2 aliphatic rings. The minimum absolute atomic E-state index is 0.261. The second-order valence-corrected chi connectivity index (χ2v) is 7.27. The Morgan fingerprint density at radius 1 is 0.963 bits per heavy atom. The van der Waals surface area contributed by atoms with Gasteiger partial charge in [0, 0.05) is 5.75 Å². The number of hydrogen-bond donors (Lipinski definition) is 0. The third-order valence-electron chi connectivity index (χ3n) is 4.53. The molecule has 0 aliphatic carbocycles. The maximum Gasteiger partial charge on any atom is 0.416 e. The van der Waals surface area contributed by atoms with Crippen molar-refractivity contribution in [3.05, 3.63) is 65.5 Å². The van der Waals surface area contributed by atoms with Crippen LogP contribution >= 0.6 is 11.8 Å². The molecule has 0 spiro atoms.